The van der Waals surface area contributed by atoms with E-state index in [2.05, 4.69) is 0 Å². The summed E-state index contributed by atoms with van der Waals surface area (Å²) in [6.45, 7) is 2.46. The molecule has 1 fully saturated rings. The fourth-order valence-corrected chi connectivity index (χ4v) is 2.59. The zero-order valence-electron chi connectivity index (χ0n) is 11.0. The van der Waals surface area contributed by atoms with Crippen LogP contribution in [0.15, 0.2) is 18.2 Å². The van der Waals surface area contributed by atoms with Gasteiger partial charge < -0.3 is 10.5 Å². The van der Waals surface area contributed by atoms with E-state index in [1.807, 2.05) is 13.0 Å². The number of benzene rings is 1. The second-order valence-electron chi connectivity index (χ2n) is 5.26. The summed E-state index contributed by atoms with van der Waals surface area (Å²) in [6, 6.07) is 4.75. The molecule has 0 radical (unpaired) electrons. The van der Waals surface area contributed by atoms with Crippen molar-refractivity contribution >= 4 is 0 Å². The van der Waals surface area contributed by atoms with Crippen molar-refractivity contribution in [2.24, 2.45) is 11.7 Å². The van der Waals surface area contributed by atoms with Crippen molar-refractivity contribution in [2.75, 3.05) is 6.61 Å². The number of hydrogen-bond donors (Lipinski definition) is 1. The van der Waals surface area contributed by atoms with Crippen molar-refractivity contribution in [3.8, 4) is 5.75 Å². The highest BCUT2D eigenvalue weighted by Crippen LogP contribution is 2.29. The Hall–Kier alpha value is -1.09. The van der Waals surface area contributed by atoms with Gasteiger partial charge in [0.05, 0.1) is 6.61 Å². The van der Waals surface area contributed by atoms with E-state index in [1.165, 1.54) is 38.2 Å². The molecule has 1 aromatic carbocycles. The summed E-state index contributed by atoms with van der Waals surface area (Å²) in [5, 5.41) is 0. The molecule has 2 N–H and O–H groups in total. The van der Waals surface area contributed by atoms with E-state index < -0.39 is 0 Å². The minimum absolute atomic E-state index is 0.206. The zero-order chi connectivity index (χ0) is 13.0. The molecule has 0 aliphatic heterocycles. The molecule has 0 amide bonds. The molecule has 0 aromatic heterocycles. The molecule has 0 heterocycles. The van der Waals surface area contributed by atoms with Gasteiger partial charge in [0.2, 0.25) is 0 Å². The van der Waals surface area contributed by atoms with Crippen LogP contribution in [0.3, 0.4) is 0 Å². The molecule has 0 spiro atoms. The van der Waals surface area contributed by atoms with Crippen molar-refractivity contribution in [3.05, 3.63) is 29.6 Å². The normalized spacial score (nSPS) is 18.6. The summed E-state index contributed by atoms with van der Waals surface area (Å²) < 4.78 is 19.5. The van der Waals surface area contributed by atoms with Crippen molar-refractivity contribution in [3.63, 3.8) is 0 Å². The number of nitrogens with two attached hydrogens (primary N) is 1. The van der Waals surface area contributed by atoms with E-state index in [1.54, 1.807) is 6.07 Å². The van der Waals surface area contributed by atoms with Crippen LogP contribution in [-0.4, -0.2) is 6.61 Å². The first kappa shape index (κ1) is 13.3. The summed E-state index contributed by atoms with van der Waals surface area (Å²) >= 11 is 0. The van der Waals surface area contributed by atoms with Crippen molar-refractivity contribution in [1.29, 1.82) is 0 Å². The number of para-hydroxylation sites is 1. The maximum Gasteiger partial charge on any atom is 0.165 e. The maximum absolute atomic E-state index is 13.8. The Balaban J connectivity index is 2.03. The fraction of sp³-hybridized carbons (Fsp3) is 0.600. The molecule has 2 rings (SSSR count). The highest BCUT2D eigenvalue weighted by molar-refractivity contribution is 5.36. The maximum atomic E-state index is 13.8. The number of ether oxygens (including phenoxy) is 1. The Bertz CT molecular complexity index is 386. The van der Waals surface area contributed by atoms with Gasteiger partial charge in [-0.2, -0.15) is 0 Å². The Kier molecular flexibility index (Phi) is 4.59. The van der Waals surface area contributed by atoms with E-state index in [0.29, 0.717) is 18.3 Å². The standard InChI is InChI=1S/C15H22FNO/c1-11(17)13-8-5-9-14(16)15(13)18-10-12-6-3-2-4-7-12/h5,8-9,11-12H,2-4,6-7,10,17H2,1H3/t11-/m0/s1. The van der Waals surface area contributed by atoms with Gasteiger partial charge in [-0.1, -0.05) is 31.4 Å². The van der Waals surface area contributed by atoms with Crippen LogP contribution in [0.4, 0.5) is 4.39 Å². The molecule has 0 saturated heterocycles. The first-order chi connectivity index (χ1) is 8.68. The highest BCUT2D eigenvalue weighted by atomic mass is 19.1. The van der Waals surface area contributed by atoms with Gasteiger partial charge in [-0.25, -0.2) is 4.39 Å². The van der Waals surface area contributed by atoms with Crippen LogP contribution in [0.2, 0.25) is 0 Å². The van der Waals surface area contributed by atoms with Gasteiger partial charge in [-0.3, -0.25) is 0 Å². The predicted molar refractivity (Wildman–Crippen MR) is 71.1 cm³/mol. The van der Waals surface area contributed by atoms with Gasteiger partial charge in [0.1, 0.15) is 0 Å². The van der Waals surface area contributed by atoms with Gasteiger partial charge in [0, 0.05) is 11.6 Å². The van der Waals surface area contributed by atoms with Crippen molar-refractivity contribution in [1.82, 2.24) is 0 Å². The van der Waals surface area contributed by atoms with Crippen LogP contribution in [0.5, 0.6) is 5.75 Å². The topological polar surface area (TPSA) is 35.2 Å². The fourth-order valence-electron chi connectivity index (χ4n) is 2.59. The van der Waals surface area contributed by atoms with E-state index in [0.717, 1.165) is 5.56 Å². The number of rotatable bonds is 4. The van der Waals surface area contributed by atoms with Gasteiger partial charge >= 0.3 is 0 Å². The lowest BCUT2D eigenvalue weighted by Crippen LogP contribution is -2.17. The largest absolute Gasteiger partial charge is 0.490 e. The number of halogens is 1. The molecular weight excluding hydrogens is 229 g/mol. The molecular formula is C15H22FNO. The van der Waals surface area contributed by atoms with E-state index in [-0.39, 0.29) is 11.9 Å². The third-order valence-electron chi connectivity index (χ3n) is 3.68. The van der Waals surface area contributed by atoms with Gasteiger partial charge in [0.25, 0.3) is 0 Å². The van der Waals surface area contributed by atoms with Crippen LogP contribution >= 0.6 is 0 Å². The minimum Gasteiger partial charge on any atom is -0.490 e. The van der Waals surface area contributed by atoms with E-state index in [9.17, 15) is 4.39 Å². The molecule has 1 aliphatic rings. The van der Waals surface area contributed by atoms with Crippen LogP contribution in [0, 0.1) is 11.7 Å². The Morgan fingerprint density at radius 1 is 1.33 bits per heavy atom. The number of hydrogen-bond acceptors (Lipinski definition) is 2. The summed E-state index contributed by atoms with van der Waals surface area (Å²) in [4.78, 5) is 0. The molecule has 1 aromatic rings. The average molecular weight is 251 g/mol. The third kappa shape index (κ3) is 3.22. The third-order valence-corrected chi connectivity index (χ3v) is 3.68. The smallest absolute Gasteiger partial charge is 0.165 e. The van der Waals surface area contributed by atoms with E-state index >= 15 is 0 Å². The zero-order valence-corrected chi connectivity index (χ0v) is 11.0. The molecule has 1 atom stereocenters. The van der Waals surface area contributed by atoms with Crippen LogP contribution in [-0.2, 0) is 0 Å². The lowest BCUT2D eigenvalue weighted by molar-refractivity contribution is 0.200. The Morgan fingerprint density at radius 2 is 2.06 bits per heavy atom. The van der Waals surface area contributed by atoms with Gasteiger partial charge in [-0.15, -0.1) is 0 Å². The minimum atomic E-state index is -0.305. The molecule has 2 nitrogen and oxygen atoms in total. The van der Waals surface area contributed by atoms with Crippen LogP contribution in [0.1, 0.15) is 50.6 Å². The SMILES string of the molecule is C[C@H](N)c1cccc(F)c1OCC1CCCCC1. The Labute approximate surface area is 108 Å². The summed E-state index contributed by atoms with van der Waals surface area (Å²) in [5.74, 6) is 0.609. The molecule has 1 aliphatic carbocycles. The molecule has 18 heavy (non-hydrogen) atoms. The van der Waals surface area contributed by atoms with Gasteiger partial charge in [-0.05, 0) is 31.7 Å². The summed E-state index contributed by atoms with van der Waals surface area (Å²) in [6.07, 6.45) is 6.25. The van der Waals surface area contributed by atoms with Crippen molar-refractivity contribution < 1.29 is 9.13 Å². The second-order valence-corrected chi connectivity index (χ2v) is 5.26. The van der Waals surface area contributed by atoms with Crippen LogP contribution in [0.25, 0.3) is 0 Å². The lowest BCUT2D eigenvalue weighted by atomic mass is 9.90. The van der Waals surface area contributed by atoms with Gasteiger partial charge in [0.15, 0.2) is 11.6 Å². The highest BCUT2D eigenvalue weighted by Gasteiger charge is 2.17. The lowest BCUT2D eigenvalue weighted by Gasteiger charge is -2.23. The Morgan fingerprint density at radius 3 is 2.72 bits per heavy atom. The summed E-state index contributed by atoms with van der Waals surface area (Å²) in [5.41, 5.74) is 6.60. The predicted octanol–water partition coefficient (Wildman–Crippen LogP) is 3.80. The second kappa shape index (κ2) is 6.19. The van der Waals surface area contributed by atoms with E-state index in [4.69, 9.17) is 10.5 Å². The average Bonchev–Trinajstić information content (AvgIpc) is 2.38. The molecule has 0 unspecified atom stereocenters. The first-order valence-electron chi connectivity index (χ1n) is 6.85. The monoisotopic (exact) mass is 251 g/mol. The molecule has 3 heteroatoms. The molecule has 1 saturated carbocycles. The molecule has 100 valence electrons. The molecule has 0 bridgehead atoms. The quantitative estimate of drug-likeness (QED) is 0.883. The summed E-state index contributed by atoms with van der Waals surface area (Å²) in [7, 11) is 0. The first-order valence-corrected chi connectivity index (χ1v) is 6.85. The van der Waals surface area contributed by atoms with Crippen molar-refractivity contribution in [2.45, 2.75) is 45.1 Å². The van der Waals surface area contributed by atoms with Crippen LogP contribution < -0.4 is 10.5 Å².